The Morgan fingerprint density at radius 1 is 1.24 bits per heavy atom. The van der Waals surface area contributed by atoms with Gasteiger partial charge in [-0.15, -0.1) is 0 Å². The molecule has 1 fully saturated rings. The molecule has 0 saturated heterocycles. The lowest BCUT2D eigenvalue weighted by atomic mass is 10.0. The first-order valence-corrected chi connectivity index (χ1v) is 7.70. The quantitative estimate of drug-likeness (QED) is 0.634. The number of carboxylic acid groups (broad SMARTS) is 1. The number of hydrogen-bond acceptors (Lipinski definition) is 4. The molecule has 1 aliphatic rings. The Kier molecular flexibility index (Phi) is 7.79. The van der Waals surface area contributed by atoms with Gasteiger partial charge in [-0.1, -0.05) is 25.7 Å². The minimum atomic E-state index is -1.12. The van der Waals surface area contributed by atoms with E-state index in [-0.39, 0.29) is 25.4 Å². The van der Waals surface area contributed by atoms with Gasteiger partial charge in [-0.3, -0.25) is 9.59 Å². The molecule has 120 valence electrons. The molecular weight excluding hydrogens is 274 g/mol. The Hall–Kier alpha value is -1.59. The summed E-state index contributed by atoms with van der Waals surface area (Å²) in [5.74, 6) is -1.21. The third-order valence-corrected chi connectivity index (χ3v) is 3.83. The lowest BCUT2D eigenvalue weighted by molar-refractivity contribution is -0.145. The largest absolute Gasteiger partial charge is 0.480 e. The van der Waals surface area contributed by atoms with Gasteiger partial charge in [-0.2, -0.15) is 0 Å². The summed E-state index contributed by atoms with van der Waals surface area (Å²) in [7, 11) is 0. The molecule has 2 N–H and O–H groups in total. The van der Waals surface area contributed by atoms with Crippen LogP contribution in [0.5, 0.6) is 0 Å². The molecule has 1 aliphatic carbocycles. The molecule has 0 aromatic rings. The molecule has 0 heterocycles. The van der Waals surface area contributed by atoms with Gasteiger partial charge in [0.2, 0.25) is 5.91 Å². The smallest absolute Gasteiger partial charge is 0.326 e. The minimum absolute atomic E-state index is 0.00624. The zero-order valence-corrected chi connectivity index (χ0v) is 12.6. The number of carbonyl (C=O) groups excluding carboxylic acids is 2. The monoisotopic (exact) mass is 299 g/mol. The SMILES string of the molecule is CCOC(=O)CC[C@H](NC(=O)CCC1CCCC1)C(=O)O. The van der Waals surface area contributed by atoms with Gasteiger partial charge in [-0.05, 0) is 25.7 Å². The number of carbonyl (C=O) groups is 3. The zero-order valence-electron chi connectivity index (χ0n) is 12.6. The summed E-state index contributed by atoms with van der Waals surface area (Å²) in [4.78, 5) is 34.1. The Bertz CT molecular complexity index is 363. The number of esters is 1. The molecule has 6 heteroatoms. The summed E-state index contributed by atoms with van der Waals surface area (Å²) in [6.45, 7) is 1.96. The van der Waals surface area contributed by atoms with Gasteiger partial charge >= 0.3 is 11.9 Å². The van der Waals surface area contributed by atoms with Crippen LogP contribution in [-0.2, 0) is 19.1 Å². The maximum Gasteiger partial charge on any atom is 0.326 e. The second-order valence-corrected chi connectivity index (χ2v) is 5.49. The minimum Gasteiger partial charge on any atom is -0.480 e. The molecule has 0 radical (unpaired) electrons. The van der Waals surface area contributed by atoms with Gasteiger partial charge in [0.1, 0.15) is 6.04 Å². The van der Waals surface area contributed by atoms with E-state index in [9.17, 15) is 14.4 Å². The van der Waals surface area contributed by atoms with E-state index in [0.29, 0.717) is 12.3 Å². The normalized spacial score (nSPS) is 16.4. The third-order valence-electron chi connectivity index (χ3n) is 3.83. The fourth-order valence-electron chi connectivity index (χ4n) is 2.65. The predicted molar refractivity (Wildman–Crippen MR) is 76.6 cm³/mol. The number of rotatable bonds is 9. The van der Waals surface area contributed by atoms with Crippen LogP contribution in [0.25, 0.3) is 0 Å². The highest BCUT2D eigenvalue weighted by Gasteiger charge is 2.22. The molecule has 0 spiro atoms. The van der Waals surface area contributed by atoms with Crippen LogP contribution in [0.15, 0.2) is 0 Å². The van der Waals surface area contributed by atoms with Crippen LogP contribution in [0, 0.1) is 5.92 Å². The van der Waals surface area contributed by atoms with Crippen LogP contribution in [0.4, 0.5) is 0 Å². The number of carboxylic acids is 1. The van der Waals surface area contributed by atoms with E-state index < -0.39 is 18.0 Å². The van der Waals surface area contributed by atoms with E-state index in [2.05, 4.69) is 5.32 Å². The number of hydrogen-bond donors (Lipinski definition) is 2. The molecule has 0 bridgehead atoms. The Labute approximate surface area is 125 Å². The maximum atomic E-state index is 11.8. The van der Waals surface area contributed by atoms with Gasteiger partial charge in [-0.25, -0.2) is 4.79 Å². The van der Waals surface area contributed by atoms with Crippen LogP contribution in [-0.4, -0.2) is 35.6 Å². The standard InChI is InChI=1S/C15H25NO5/c1-2-21-14(18)10-8-12(15(19)20)16-13(17)9-7-11-5-3-4-6-11/h11-12H,2-10H2,1H3,(H,16,17)(H,19,20)/t12-/m0/s1. The fourth-order valence-corrected chi connectivity index (χ4v) is 2.65. The number of aliphatic carboxylic acids is 1. The van der Waals surface area contributed by atoms with Crippen LogP contribution >= 0.6 is 0 Å². The summed E-state index contributed by atoms with van der Waals surface area (Å²) in [5, 5.41) is 11.6. The highest BCUT2D eigenvalue weighted by atomic mass is 16.5. The van der Waals surface area contributed by atoms with Crippen LogP contribution < -0.4 is 5.32 Å². The molecular formula is C15H25NO5. The average Bonchev–Trinajstić information content (AvgIpc) is 2.94. The Balaban J connectivity index is 2.29. The zero-order chi connectivity index (χ0) is 15.7. The van der Waals surface area contributed by atoms with Crippen molar-refractivity contribution >= 4 is 17.8 Å². The van der Waals surface area contributed by atoms with E-state index in [0.717, 1.165) is 6.42 Å². The topological polar surface area (TPSA) is 92.7 Å². The summed E-state index contributed by atoms with van der Waals surface area (Å²) in [5.41, 5.74) is 0. The van der Waals surface area contributed by atoms with E-state index in [1.807, 2.05) is 0 Å². The highest BCUT2D eigenvalue weighted by Crippen LogP contribution is 2.28. The molecule has 1 saturated carbocycles. The average molecular weight is 299 g/mol. The fraction of sp³-hybridized carbons (Fsp3) is 0.800. The van der Waals surface area contributed by atoms with Crippen molar-refractivity contribution in [2.45, 2.75) is 64.3 Å². The van der Waals surface area contributed by atoms with E-state index in [1.165, 1.54) is 25.7 Å². The summed E-state index contributed by atoms with van der Waals surface area (Å²) < 4.78 is 4.75. The van der Waals surface area contributed by atoms with Crippen LogP contribution in [0.3, 0.4) is 0 Å². The van der Waals surface area contributed by atoms with Crippen molar-refractivity contribution in [3.05, 3.63) is 0 Å². The predicted octanol–water partition coefficient (Wildman–Crippen LogP) is 1.87. The lowest BCUT2D eigenvalue weighted by Crippen LogP contribution is -2.41. The van der Waals surface area contributed by atoms with Gasteiger partial charge in [0.25, 0.3) is 0 Å². The van der Waals surface area contributed by atoms with E-state index in [4.69, 9.17) is 9.84 Å². The second-order valence-electron chi connectivity index (χ2n) is 5.49. The van der Waals surface area contributed by atoms with Crippen LogP contribution in [0.2, 0.25) is 0 Å². The molecule has 1 amide bonds. The van der Waals surface area contributed by atoms with Gasteiger partial charge in [0.05, 0.1) is 6.61 Å². The van der Waals surface area contributed by atoms with Crippen molar-refractivity contribution in [2.75, 3.05) is 6.61 Å². The molecule has 0 unspecified atom stereocenters. The summed E-state index contributed by atoms with van der Waals surface area (Å²) >= 11 is 0. The Morgan fingerprint density at radius 3 is 2.48 bits per heavy atom. The van der Waals surface area contributed by atoms with Gasteiger partial charge in [0.15, 0.2) is 0 Å². The van der Waals surface area contributed by atoms with Crippen molar-refractivity contribution in [1.82, 2.24) is 5.32 Å². The lowest BCUT2D eigenvalue weighted by Gasteiger charge is -2.15. The Morgan fingerprint density at radius 2 is 1.90 bits per heavy atom. The number of ether oxygens (including phenoxy) is 1. The molecule has 0 aromatic heterocycles. The third kappa shape index (κ3) is 7.11. The summed E-state index contributed by atoms with van der Waals surface area (Å²) in [6, 6.07) is -1.02. The first kappa shape index (κ1) is 17.5. The highest BCUT2D eigenvalue weighted by molar-refractivity contribution is 5.84. The molecule has 6 nitrogen and oxygen atoms in total. The van der Waals surface area contributed by atoms with E-state index in [1.54, 1.807) is 6.92 Å². The molecule has 1 rings (SSSR count). The molecule has 21 heavy (non-hydrogen) atoms. The first-order valence-electron chi connectivity index (χ1n) is 7.70. The van der Waals surface area contributed by atoms with E-state index >= 15 is 0 Å². The van der Waals surface area contributed by atoms with Crippen molar-refractivity contribution in [1.29, 1.82) is 0 Å². The maximum absolute atomic E-state index is 11.8. The molecule has 0 aliphatic heterocycles. The first-order chi connectivity index (χ1) is 10.0. The second kappa shape index (κ2) is 9.37. The van der Waals surface area contributed by atoms with Crippen molar-refractivity contribution in [2.24, 2.45) is 5.92 Å². The number of nitrogens with one attached hydrogen (secondary N) is 1. The van der Waals surface area contributed by atoms with Gasteiger partial charge in [0, 0.05) is 12.8 Å². The molecule has 0 aromatic carbocycles. The molecule has 1 atom stereocenters. The van der Waals surface area contributed by atoms with Gasteiger partial charge < -0.3 is 15.2 Å². The summed E-state index contributed by atoms with van der Waals surface area (Å²) in [6.07, 6.45) is 6.01. The van der Waals surface area contributed by atoms with Crippen molar-refractivity contribution < 1.29 is 24.2 Å². The van der Waals surface area contributed by atoms with Crippen LogP contribution in [0.1, 0.15) is 58.3 Å². The number of amides is 1. The van der Waals surface area contributed by atoms with Crippen molar-refractivity contribution in [3.8, 4) is 0 Å². The van der Waals surface area contributed by atoms with Crippen molar-refractivity contribution in [3.63, 3.8) is 0 Å².